The Kier molecular flexibility index (Phi) is 9.74. The zero-order chi connectivity index (χ0) is 32.9. The number of anilines is 1. The van der Waals surface area contributed by atoms with Crippen molar-refractivity contribution in [2.45, 2.75) is 35.9 Å². The van der Waals surface area contributed by atoms with Crippen molar-refractivity contribution in [3.63, 3.8) is 0 Å². The molecule has 1 aliphatic rings. The van der Waals surface area contributed by atoms with Gasteiger partial charge in [0.25, 0.3) is 5.78 Å². The first-order chi connectivity index (χ1) is 22.9. The highest BCUT2D eigenvalue weighted by Gasteiger charge is 2.48. The third-order valence-electron chi connectivity index (χ3n) is 7.90. The number of amides is 1. The minimum atomic E-state index is -0.961. The summed E-state index contributed by atoms with van der Waals surface area (Å²) in [4.78, 5) is 28.8. The quantitative estimate of drug-likeness (QED) is 0.0356. The van der Waals surface area contributed by atoms with Crippen molar-refractivity contribution in [2.24, 2.45) is 0 Å². The maximum atomic E-state index is 13.7. The van der Waals surface area contributed by atoms with Gasteiger partial charge >= 0.3 is 5.91 Å². The number of aliphatic hydroxyl groups is 1. The van der Waals surface area contributed by atoms with Gasteiger partial charge in [-0.1, -0.05) is 91.0 Å². The molecular weight excluding hydrogens is 635 g/mol. The maximum absolute atomic E-state index is 13.7. The number of aliphatic hydroxyl groups excluding tert-OH is 1. The number of carbonyl (C=O) groups excluding carboxylic acids is 2. The molecule has 0 bridgehead atoms. The molecular formula is C36H33N3O6S2. The van der Waals surface area contributed by atoms with Crippen molar-refractivity contribution in [3.05, 3.63) is 107 Å². The number of fused-ring (bicyclic) bond motifs is 1. The van der Waals surface area contributed by atoms with Gasteiger partial charge in [-0.2, -0.15) is 0 Å². The van der Waals surface area contributed by atoms with Crippen LogP contribution in [-0.2, 0) is 15.3 Å². The molecule has 0 spiro atoms. The molecule has 0 saturated carbocycles. The first kappa shape index (κ1) is 32.1. The van der Waals surface area contributed by atoms with E-state index in [1.54, 1.807) is 42.5 Å². The summed E-state index contributed by atoms with van der Waals surface area (Å²) in [7, 11) is 2.99. The molecule has 1 N–H and O–H groups in total. The summed E-state index contributed by atoms with van der Waals surface area (Å²) in [6, 6.07) is 25.4. The summed E-state index contributed by atoms with van der Waals surface area (Å²) in [5.41, 5.74) is 1.99. The molecule has 6 rings (SSSR count). The van der Waals surface area contributed by atoms with Crippen LogP contribution in [0.4, 0.5) is 5.13 Å². The Morgan fingerprint density at radius 1 is 0.936 bits per heavy atom. The van der Waals surface area contributed by atoms with E-state index in [2.05, 4.69) is 41.4 Å². The summed E-state index contributed by atoms with van der Waals surface area (Å²) in [5.74, 6) is 0.178. The molecule has 1 aliphatic heterocycles. The maximum Gasteiger partial charge on any atom is 0.301 e. The van der Waals surface area contributed by atoms with Crippen LogP contribution in [0.3, 0.4) is 0 Å². The van der Waals surface area contributed by atoms with E-state index in [1.165, 1.54) is 42.2 Å². The topological polar surface area (TPSA) is 111 Å². The van der Waals surface area contributed by atoms with Crippen LogP contribution in [-0.4, -0.2) is 47.8 Å². The molecule has 2 heterocycles. The van der Waals surface area contributed by atoms with Crippen LogP contribution in [0.1, 0.15) is 42.5 Å². The van der Waals surface area contributed by atoms with Gasteiger partial charge in [-0.3, -0.25) is 14.5 Å². The molecule has 11 heteroatoms. The predicted octanol–water partition coefficient (Wildman–Crippen LogP) is 7.81. The molecule has 1 fully saturated rings. The molecule has 0 radical (unpaired) electrons. The van der Waals surface area contributed by atoms with Gasteiger partial charge in [-0.15, -0.1) is 10.2 Å². The van der Waals surface area contributed by atoms with Crippen molar-refractivity contribution in [2.75, 3.05) is 25.7 Å². The molecule has 240 valence electrons. The van der Waals surface area contributed by atoms with Crippen molar-refractivity contribution < 1.29 is 28.9 Å². The molecule has 1 aromatic heterocycles. The molecule has 0 aliphatic carbocycles. The lowest BCUT2D eigenvalue weighted by molar-refractivity contribution is -0.132. The number of ketones is 1. The molecule has 1 saturated heterocycles. The third kappa shape index (κ3) is 6.54. The fourth-order valence-corrected chi connectivity index (χ4v) is 7.35. The van der Waals surface area contributed by atoms with Crippen LogP contribution in [0.15, 0.2) is 94.8 Å². The highest BCUT2D eigenvalue weighted by atomic mass is 32.2. The molecule has 9 nitrogen and oxygen atoms in total. The van der Waals surface area contributed by atoms with E-state index in [0.717, 1.165) is 29.2 Å². The van der Waals surface area contributed by atoms with E-state index in [4.69, 9.17) is 14.2 Å². The number of aromatic nitrogens is 2. The van der Waals surface area contributed by atoms with Gasteiger partial charge in [0, 0.05) is 11.3 Å². The molecule has 0 unspecified atom stereocenters. The summed E-state index contributed by atoms with van der Waals surface area (Å²) in [6.45, 7) is 2.67. The fraction of sp³-hybridized carbons (Fsp3) is 0.222. The van der Waals surface area contributed by atoms with Gasteiger partial charge in [0.15, 0.2) is 15.8 Å². The summed E-state index contributed by atoms with van der Waals surface area (Å²) >= 11 is 2.73. The monoisotopic (exact) mass is 667 g/mol. The Morgan fingerprint density at radius 2 is 1.70 bits per heavy atom. The van der Waals surface area contributed by atoms with Crippen molar-refractivity contribution in [3.8, 4) is 17.2 Å². The number of hydrogen-bond acceptors (Lipinski definition) is 10. The molecule has 5 aromatic rings. The number of thioether (sulfide) groups is 1. The third-order valence-corrected chi connectivity index (χ3v) is 10.0. The Bertz CT molecular complexity index is 1950. The first-order valence-electron chi connectivity index (χ1n) is 15.1. The van der Waals surface area contributed by atoms with Crippen LogP contribution >= 0.6 is 23.1 Å². The Balaban J connectivity index is 1.36. The van der Waals surface area contributed by atoms with Gasteiger partial charge in [-0.25, -0.2) is 0 Å². The van der Waals surface area contributed by atoms with Crippen LogP contribution in [0.2, 0.25) is 0 Å². The lowest BCUT2D eigenvalue weighted by Crippen LogP contribution is -2.29. The number of hydrogen-bond donors (Lipinski definition) is 1. The van der Waals surface area contributed by atoms with Crippen molar-refractivity contribution in [1.82, 2.24) is 10.2 Å². The zero-order valence-corrected chi connectivity index (χ0v) is 27.8. The van der Waals surface area contributed by atoms with Crippen LogP contribution < -0.4 is 19.1 Å². The number of methoxy groups -OCH3 is 2. The number of carbonyl (C=O) groups is 2. The largest absolute Gasteiger partial charge is 0.507 e. The number of nitrogens with zero attached hydrogens (tertiary/aromatic N) is 3. The van der Waals surface area contributed by atoms with E-state index >= 15 is 0 Å². The zero-order valence-electron chi connectivity index (χ0n) is 26.1. The van der Waals surface area contributed by atoms with E-state index < -0.39 is 17.7 Å². The SMILES string of the molecule is CCCCOc1ccc([C@H]2C(=C(O)c3ccc(OC)c(OC)c3)C(=O)C(=O)N2c2nnc(SCc3cccc4ccccc34)s2)cc1. The molecule has 1 amide bonds. The number of Topliss-reactive ketones (excluding diaryl/α,β-unsaturated/α-hetero) is 1. The Morgan fingerprint density at radius 3 is 2.47 bits per heavy atom. The van der Waals surface area contributed by atoms with Crippen LogP contribution in [0, 0.1) is 0 Å². The van der Waals surface area contributed by atoms with Gasteiger partial charge in [-0.05, 0) is 58.7 Å². The summed E-state index contributed by atoms with van der Waals surface area (Å²) in [5, 5.41) is 22.9. The second kappa shape index (κ2) is 14.3. The number of ether oxygens (including phenoxy) is 3. The molecule has 47 heavy (non-hydrogen) atoms. The predicted molar refractivity (Wildman–Crippen MR) is 185 cm³/mol. The van der Waals surface area contributed by atoms with Gasteiger partial charge in [0.05, 0.1) is 32.4 Å². The minimum absolute atomic E-state index is 0.0676. The second-order valence-electron chi connectivity index (χ2n) is 10.8. The highest BCUT2D eigenvalue weighted by Crippen LogP contribution is 2.45. The molecule has 4 aromatic carbocycles. The van der Waals surface area contributed by atoms with Gasteiger partial charge < -0.3 is 19.3 Å². The van der Waals surface area contributed by atoms with Gasteiger partial charge in [0.2, 0.25) is 5.13 Å². The van der Waals surface area contributed by atoms with E-state index in [0.29, 0.717) is 45.1 Å². The summed E-state index contributed by atoms with van der Waals surface area (Å²) < 4.78 is 17.2. The van der Waals surface area contributed by atoms with Crippen LogP contribution in [0.25, 0.3) is 16.5 Å². The normalized spacial score (nSPS) is 15.7. The number of unbranched alkanes of at least 4 members (excludes halogenated alkanes) is 1. The average Bonchev–Trinajstić information content (AvgIpc) is 3.68. The average molecular weight is 668 g/mol. The lowest BCUT2D eigenvalue weighted by atomic mass is 9.95. The highest BCUT2D eigenvalue weighted by molar-refractivity contribution is 8.00. The fourth-order valence-electron chi connectivity index (χ4n) is 5.48. The minimum Gasteiger partial charge on any atom is -0.507 e. The van der Waals surface area contributed by atoms with Crippen LogP contribution in [0.5, 0.6) is 17.2 Å². The van der Waals surface area contributed by atoms with Crippen molar-refractivity contribution >= 4 is 56.5 Å². The second-order valence-corrected chi connectivity index (χ2v) is 13.0. The van der Waals surface area contributed by atoms with Crippen molar-refractivity contribution in [1.29, 1.82) is 0 Å². The van der Waals surface area contributed by atoms with E-state index in [1.807, 2.05) is 18.2 Å². The number of rotatable bonds is 12. The standard InChI is InChI=1S/C36H33N3O6S2/c1-4-5-19-45-26-16-13-23(14-17-26)31-30(32(40)24-15-18-28(43-2)29(20-24)44-3)33(41)34(42)39(31)35-37-38-36(47-35)46-21-25-11-8-10-22-9-6-7-12-27(22)25/h6-18,20,31,40H,4-5,19,21H2,1-3H3/t31-/m0/s1. The lowest BCUT2D eigenvalue weighted by Gasteiger charge is -2.23. The first-order valence-corrected chi connectivity index (χ1v) is 16.9. The van der Waals surface area contributed by atoms with Gasteiger partial charge in [0.1, 0.15) is 11.5 Å². The smallest absolute Gasteiger partial charge is 0.301 e. The number of benzene rings is 4. The Hall–Kier alpha value is -4.87. The van der Waals surface area contributed by atoms with E-state index in [-0.39, 0.29) is 16.5 Å². The molecule has 1 atom stereocenters. The van der Waals surface area contributed by atoms with E-state index in [9.17, 15) is 14.7 Å². The Labute approximate surface area is 280 Å². The summed E-state index contributed by atoms with van der Waals surface area (Å²) in [6.07, 6.45) is 1.93.